The number of carbonyl (C=O) groups excluding carboxylic acids is 1. The number of benzene rings is 2. The Labute approximate surface area is 226 Å². The molecule has 1 N–H and O–H groups in total. The van der Waals surface area contributed by atoms with Gasteiger partial charge in [0, 0.05) is 63.9 Å². The van der Waals surface area contributed by atoms with Crippen molar-refractivity contribution in [1.29, 1.82) is 0 Å². The summed E-state index contributed by atoms with van der Waals surface area (Å²) >= 11 is 11.6. The summed E-state index contributed by atoms with van der Waals surface area (Å²) in [6.45, 7) is 4.34. The molecule has 0 aliphatic carbocycles. The molecule has 2 aliphatic heterocycles. The Morgan fingerprint density at radius 3 is 2.17 bits per heavy atom. The van der Waals surface area contributed by atoms with Crippen LogP contribution in [0.25, 0.3) is 0 Å². The fraction of sp³-hybridized carbons (Fsp3) is 0.481. The van der Waals surface area contributed by atoms with E-state index in [0.29, 0.717) is 22.9 Å². The van der Waals surface area contributed by atoms with Crippen LogP contribution in [0.3, 0.4) is 0 Å². The molecule has 2 aromatic rings. The lowest BCUT2D eigenvalue weighted by Gasteiger charge is -2.45. The molecule has 2 aliphatic rings. The molecule has 36 heavy (non-hydrogen) atoms. The Morgan fingerprint density at radius 1 is 1.03 bits per heavy atom. The predicted molar refractivity (Wildman–Crippen MR) is 146 cm³/mol. The summed E-state index contributed by atoms with van der Waals surface area (Å²) in [5, 5.41) is 10.7. The molecule has 4 rings (SSSR count). The van der Waals surface area contributed by atoms with Crippen LogP contribution in [0.15, 0.2) is 54.6 Å². The van der Waals surface area contributed by atoms with Gasteiger partial charge in [-0.2, -0.15) is 0 Å². The molecule has 0 saturated carbocycles. The minimum atomic E-state index is -0.931. The number of rotatable bonds is 7. The molecule has 196 valence electrons. The first-order valence-corrected chi connectivity index (χ1v) is 14.6. The van der Waals surface area contributed by atoms with Crippen LogP contribution in [0.4, 0.5) is 0 Å². The maximum Gasteiger partial charge on any atom is 0.304 e. The van der Waals surface area contributed by atoms with Gasteiger partial charge in [0.25, 0.3) is 0 Å². The number of piperidine rings is 1. The van der Waals surface area contributed by atoms with Crippen LogP contribution < -0.4 is 0 Å². The van der Waals surface area contributed by atoms with Crippen LogP contribution in [0, 0.1) is 5.92 Å². The van der Waals surface area contributed by atoms with Crippen molar-refractivity contribution in [2.75, 3.05) is 31.1 Å². The minimum absolute atomic E-state index is 0.00805. The van der Waals surface area contributed by atoms with Crippen molar-refractivity contribution in [2.45, 2.75) is 44.7 Å². The predicted octanol–water partition coefficient (Wildman–Crippen LogP) is 5.28. The molecule has 3 unspecified atom stereocenters. The minimum Gasteiger partial charge on any atom is -0.481 e. The van der Waals surface area contributed by atoms with Crippen molar-refractivity contribution in [2.24, 2.45) is 5.92 Å². The van der Waals surface area contributed by atoms with E-state index in [-0.39, 0.29) is 24.4 Å². The maximum atomic E-state index is 13.4. The number of carbonyl (C=O) groups is 2. The van der Waals surface area contributed by atoms with E-state index in [0.717, 1.165) is 43.1 Å². The summed E-state index contributed by atoms with van der Waals surface area (Å²) < 4.78 is 11.7. The first-order valence-electron chi connectivity index (χ1n) is 12.4. The highest BCUT2D eigenvalue weighted by Crippen LogP contribution is 2.38. The van der Waals surface area contributed by atoms with Crippen molar-refractivity contribution < 1.29 is 18.9 Å². The molecule has 2 heterocycles. The molecule has 0 aromatic heterocycles. The number of carboxylic acid groups (broad SMARTS) is 1. The standard InChI is InChI=1S/C21H29ClN2O4S.C6H5Cl/c1-2-18(14-23-9-11-29(28)12-10-23)24-19(15-3-6-17(22)7-4-15)8-5-16(21(24)27)13-20(25)26;7-6-4-2-1-3-5-6/h3-4,6-7,16,18-19H,2,5,8-14H2,1H3,(H,25,26);1-5H. The number of carboxylic acids is 1. The highest BCUT2D eigenvalue weighted by molar-refractivity contribution is 7.85. The summed E-state index contributed by atoms with van der Waals surface area (Å²) in [4.78, 5) is 28.9. The molecule has 1 amide bonds. The topological polar surface area (TPSA) is 77.9 Å². The Morgan fingerprint density at radius 2 is 1.64 bits per heavy atom. The van der Waals surface area contributed by atoms with Crippen LogP contribution in [0.1, 0.15) is 44.2 Å². The summed E-state index contributed by atoms with van der Waals surface area (Å²) in [5.41, 5.74) is 1.04. The van der Waals surface area contributed by atoms with E-state index in [1.165, 1.54) is 0 Å². The van der Waals surface area contributed by atoms with Crippen molar-refractivity contribution in [3.05, 3.63) is 70.2 Å². The number of hydrogen-bond donors (Lipinski definition) is 1. The van der Waals surface area contributed by atoms with Gasteiger partial charge in [0.05, 0.1) is 12.5 Å². The summed E-state index contributed by atoms with van der Waals surface area (Å²) in [5.74, 6) is -0.121. The van der Waals surface area contributed by atoms with Gasteiger partial charge in [-0.05, 0) is 49.1 Å². The van der Waals surface area contributed by atoms with Crippen LogP contribution in [0.5, 0.6) is 0 Å². The van der Waals surface area contributed by atoms with Crippen LogP contribution in [-0.4, -0.2) is 68.2 Å². The normalized spacial score (nSPS) is 22.0. The average molecular weight is 554 g/mol. The lowest BCUT2D eigenvalue weighted by atomic mass is 9.85. The van der Waals surface area contributed by atoms with Gasteiger partial charge in [0.2, 0.25) is 5.91 Å². The fourth-order valence-electron chi connectivity index (χ4n) is 4.82. The van der Waals surface area contributed by atoms with E-state index in [1.807, 2.05) is 59.5 Å². The second-order valence-electron chi connectivity index (χ2n) is 9.19. The SMILES string of the molecule is CCC(CN1CCS(=O)CC1)N1C(=O)C(CC(=O)O)CCC1c1ccc(Cl)cc1.Clc1ccccc1. The summed E-state index contributed by atoms with van der Waals surface area (Å²) in [6.07, 6.45) is 1.98. The number of likely N-dealkylation sites (tertiary alicyclic amines) is 1. The fourth-order valence-corrected chi connectivity index (χ4v) is 6.22. The second-order valence-corrected chi connectivity index (χ2v) is 11.8. The highest BCUT2D eigenvalue weighted by Gasteiger charge is 2.40. The van der Waals surface area contributed by atoms with Crippen LogP contribution >= 0.6 is 23.2 Å². The van der Waals surface area contributed by atoms with E-state index < -0.39 is 22.7 Å². The van der Waals surface area contributed by atoms with Gasteiger partial charge in [-0.15, -0.1) is 0 Å². The summed E-state index contributed by atoms with van der Waals surface area (Å²) in [6, 6.07) is 17.0. The third kappa shape index (κ3) is 8.30. The van der Waals surface area contributed by atoms with Crippen molar-refractivity contribution in [3.63, 3.8) is 0 Å². The first-order chi connectivity index (χ1) is 17.3. The van der Waals surface area contributed by atoms with E-state index in [9.17, 15) is 18.9 Å². The van der Waals surface area contributed by atoms with Gasteiger partial charge < -0.3 is 10.0 Å². The maximum absolute atomic E-state index is 13.4. The van der Waals surface area contributed by atoms with Crippen LogP contribution in [0.2, 0.25) is 10.0 Å². The number of amides is 1. The Balaban J connectivity index is 0.000000444. The second kappa shape index (κ2) is 14.1. The molecule has 2 aromatic carbocycles. The van der Waals surface area contributed by atoms with Gasteiger partial charge in [0.15, 0.2) is 0 Å². The van der Waals surface area contributed by atoms with Gasteiger partial charge >= 0.3 is 5.97 Å². The molecule has 0 radical (unpaired) electrons. The number of nitrogens with zero attached hydrogens (tertiary/aromatic N) is 2. The van der Waals surface area contributed by atoms with E-state index >= 15 is 0 Å². The van der Waals surface area contributed by atoms with Gasteiger partial charge in [-0.25, -0.2) is 0 Å². The van der Waals surface area contributed by atoms with E-state index in [1.54, 1.807) is 0 Å². The summed E-state index contributed by atoms with van der Waals surface area (Å²) in [7, 11) is -0.741. The number of aliphatic carboxylic acids is 1. The van der Waals surface area contributed by atoms with Crippen molar-refractivity contribution in [3.8, 4) is 0 Å². The lowest BCUT2D eigenvalue weighted by molar-refractivity contribution is -0.151. The van der Waals surface area contributed by atoms with E-state index in [4.69, 9.17) is 23.2 Å². The molecule has 2 saturated heterocycles. The molecule has 0 spiro atoms. The number of hydrogen-bond acceptors (Lipinski definition) is 4. The van der Waals surface area contributed by atoms with Gasteiger partial charge in [-0.1, -0.05) is 60.5 Å². The molecule has 9 heteroatoms. The van der Waals surface area contributed by atoms with Gasteiger partial charge in [0.1, 0.15) is 0 Å². The Bertz CT molecular complexity index is 1010. The molecule has 2 fully saturated rings. The lowest BCUT2D eigenvalue weighted by Crippen LogP contribution is -2.54. The van der Waals surface area contributed by atoms with E-state index in [2.05, 4.69) is 11.8 Å². The molecule has 6 nitrogen and oxygen atoms in total. The monoisotopic (exact) mass is 552 g/mol. The smallest absolute Gasteiger partial charge is 0.304 e. The first kappa shape index (κ1) is 28.6. The quantitative estimate of drug-likeness (QED) is 0.505. The average Bonchev–Trinajstić information content (AvgIpc) is 2.86. The molecular weight excluding hydrogens is 519 g/mol. The Kier molecular flexibility index (Phi) is 11.2. The zero-order chi connectivity index (χ0) is 26.1. The number of halogens is 2. The molecule has 0 bridgehead atoms. The Hall–Kier alpha value is -1.93. The zero-order valence-corrected chi connectivity index (χ0v) is 22.9. The van der Waals surface area contributed by atoms with Crippen molar-refractivity contribution in [1.82, 2.24) is 9.80 Å². The third-order valence-corrected chi connectivity index (χ3v) is 8.52. The zero-order valence-electron chi connectivity index (χ0n) is 20.5. The van der Waals surface area contributed by atoms with Crippen LogP contribution in [-0.2, 0) is 20.4 Å². The largest absolute Gasteiger partial charge is 0.481 e. The van der Waals surface area contributed by atoms with Gasteiger partial charge in [-0.3, -0.25) is 18.7 Å². The molecular formula is C27H34Cl2N2O4S. The third-order valence-electron chi connectivity index (χ3n) is 6.74. The van der Waals surface area contributed by atoms with Crippen molar-refractivity contribution >= 4 is 45.9 Å². The highest BCUT2D eigenvalue weighted by atomic mass is 35.5. The molecule has 3 atom stereocenters.